The molecule has 1 amide bonds. The van der Waals surface area contributed by atoms with E-state index in [9.17, 15) is 4.79 Å². The molecule has 0 atom stereocenters. The van der Waals surface area contributed by atoms with Gasteiger partial charge in [0.15, 0.2) is 5.17 Å². The Morgan fingerprint density at radius 1 is 1.06 bits per heavy atom. The third-order valence-electron chi connectivity index (χ3n) is 5.54. The molecule has 3 heterocycles. The number of para-hydroxylation sites is 1. The van der Waals surface area contributed by atoms with Crippen molar-refractivity contribution in [1.82, 2.24) is 10.3 Å². The molecule has 0 aliphatic carbocycles. The maximum atomic E-state index is 12.6. The highest BCUT2D eigenvalue weighted by molar-refractivity contribution is 8.18. The number of amidine groups is 1. The molecule has 5 nitrogen and oxygen atoms in total. The maximum absolute atomic E-state index is 12.6. The number of amides is 1. The third-order valence-corrected chi connectivity index (χ3v) is 7.06. The van der Waals surface area contributed by atoms with Crippen molar-refractivity contribution in [3.63, 3.8) is 0 Å². The number of benzene rings is 2. The number of halogens is 2. The first kappa shape index (κ1) is 21.3. The zero-order valence-corrected chi connectivity index (χ0v) is 19.5. The van der Waals surface area contributed by atoms with Crippen LogP contribution < -0.4 is 10.2 Å². The van der Waals surface area contributed by atoms with E-state index in [0.717, 1.165) is 29.6 Å². The van der Waals surface area contributed by atoms with E-state index < -0.39 is 0 Å². The molecule has 0 unspecified atom stereocenters. The second-order valence-corrected chi connectivity index (χ2v) is 9.55. The summed E-state index contributed by atoms with van der Waals surface area (Å²) in [6.07, 6.45) is 7.45. The number of carbonyl (C=O) groups is 1. The van der Waals surface area contributed by atoms with Crippen molar-refractivity contribution in [2.24, 2.45) is 4.99 Å². The number of aromatic nitrogens is 1. The Morgan fingerprint density at radius 3 is 2.62 bits per heavy atom. The number of pyridine rings is 1. The number of piperidine rings is 1. The van der Waals surface area contributed by atoms with Crippen molar-refractivity contribution in [3.8, 4) is 0 Å². The Balaban J connectivity index is 1.46. The maximum Gasteiger partial charge on any atom is 0.264 e. The number of rotatable bonds is 3. The standard InChI is InChI=1S/C24H20Cl2N4OS/c25-17-5-4-6-18(26)22(17)28-24-29-23(31)21(32-24)14-15-7-8-19-16(13-15)20(9-10-27-19)30-11-2-1-3-12-30/h4-10,13-14H,1-3,11-12H2,(H,28,29,31)/b21-14-. The van der Waals surface area contributed by atoms with Crippen LogP contribution >= 0.6 is 35.0 Å². The number of carbonyl (C=O) groups excluding carboxylic acids is 1. The summed E-state index contributed by atoms with van der Waals surface area (Å²) < 4.78 is 0. The summed E-state index contributed by atoms with van der Waals surface area (Å²) in [7, 11) is 0. The number of anilines is 1. The number of hydrogen-bond acceptors (Lipinski definition) is 5. The molecule has 0 radical (unpaired) electrons. The van der Waals surface area contributed by atoms with Crippen molar-refractivity contribution in [2.45, 2.75) is 19.3 Å². The number of aliphatic imine (C=N–C) groups is 1. The van der Waals surface area contributed by atoms with Crippen LogP contribution in [0.1, 0.15) is 24.8 Å². The van der Waals surface area contributed by atoms with Crippen molar-refractivity contribution in [2.75, 3.05) is 18.0 Å². The van der Waals surface area contributed by atoms with E-state index in [1.807, 2.05) is 24.4 Å². The van der Waals surface area contributed by atoms with Crippen molar-refractivity contribution in [3.05, 3.63) is 69.2 Å². The zero-order chi connectivity index (χ0) is 22.1. The fourth-order valence-electron chi connectivity index (χ4n) is 3.98. The van der Waals surface area contributed by atoms with E-state index in [0.29, 0.717) is 25.8 Å². The van der Waals surface area contributed by atoms with E-state index in [-0.39, 0.29) is 5.91 Å². The van der Waals surface area contributed by atoms with Crippen LogP contribution in [0.5, 0.6) is 0 Å². The molecule has 5 rings (SSSR count). The molecule has 1 aromatic heterocycles. The second kappa shape index (κ2) is 9.14. The number of nitrogens with zero attached hydrogens (tertiary/aromatic N) is 3. The Kier molecular flexibility index (Phi) is 6.09. The van der Waals surface area contributed by atoms with Gasteiger partial charge in [0.2, 0.25) is 0 Å². The highest BCUT2D eigenvalue weighted by atomic mass is 35.5. The Bertz CT molecular complexity index is 1250. The smallest absolute Gasteiger partial charge is 0.264 e. The number of thioether (sulfide) groups is 1. The van der Waals surface area contributed by atoms with Gasteiger partial charge in [-0.25, -0.2) is 4.99 Å². The van der Waals surface area contributed by atoms with Gasteiger partial charge < -0.3 is 10.2 Å². The first-order valence-electron chi connectivity index (χ1n) is 10.5. The van der Waals surface area contributed by atoms with Gasteiger partial charge in [0, 0.05) is 30.4 Å². The van der Waals surface area contributed by atoms with Gasteiger partial charge in [0.05, 0.1) is 20.5 Å². The molecule has 0 saturated carbocycles. The zero-order valence-electron chi connectivity index (χ0n) is 17.1. The minimum atomic E-state index is -0.195. The van der Waals surface area contributed by atoms with Crippen LogP contribution in [-0.2, 0) is 4.79 Å². The van der Waals surface area contributed by atoms with Gasteiger partial charge in [-0.3, -0.25) is 9.78 Å². The molecule has 1 N–H and O–H groups in total. The van der Waals surface area contributed by atoms with Gasteiger partial charge in [-0.2, -0.15) is 0 Å². The van der Waals surface area contributed by atoms with Gasteiger partial charge in [0.25, 0.3) is 5.91 Å². The van der Waals surface area contributed by atoms with Gasteiger partial charge in [-0.05, 0) is 73.0 Å². The lowest BCUT2D eigenvalue weighted by molar-refractivity contribution is -0.115. The van der Waals surface area contributed by atoms with E-state index in [4.69, 9.17) is 23.2 Å². The lowest BCUT2D eigenvalue weighted by Crippen LogP contribution is -2.29. The largest absolute Gasteiger partial charge is 0.371 e. The summed E-state index contributed by atoms with van der Waals surface area (Å²) in [4.78, 5) is 24.5. The minimum Gasteiger partial charge on any atom is -0.371 e. The average Bonchev–Trinajstić information content (AvgIpc) is 3.15. The van der Waals surface area contributed by atoms with E-state index in [2.05, 4.69) is 32.3 Å². The molecule has 162 valence electrons. The summed E-state index contributed by atoms with van der Waals surface area (Å²) >= 11 is 13.7. The third kappa shape index (κ3) is 4.35. The summed E-state index contributed by atoms with van der Waals surface area (Å²) in [5.74, 6) is -0.195. The number of nitrogens with one attached hydrogen (secondary N) is 1. The molecule has 8 heteroatoms. The van der Waals surface area contributed by atoms with E-state index >= 15 is 0 Å². The van der Waals surface area contributed by atoms with Gasteiger partial charge in [0.1, 0.15) is 5.69 Å². The van der Waals surface area contributed by atoms with Gasteiger partial charge in [-0.15, -0.1) is 0 Å². The highest BCUT2D eigenvalue weighted by Gasteiger charge is 2.24. The summed E-state index contributed by atoms with van der Waals surface area (Å²) in [6.45, 7) is 2.13. The van der Waals surface area contributed by atoms with Crippen LogP contribution in [-0.4, -0.2) is 29.1 Å². The topological polar surface area (TPSA) is 57.6 Å². The first-order valence-corrected chi connectivity index (χ1v) is 12.0. The molecule has 2 aromatic carbocycles. The summed E-state index contributed by atoms with van der Waals surface area (Å²) in [5, 5.41) is 5.22. The summed E-state index contributed by atoms with van der Waals surface area (Å²) in [6, 6.07) is 13.4. The molecule has 0 bridgehead atoms. The molecule has 2 fully saturated rings. The molecule has 3 aromatic rings. The minimum absolute atomic E-state index is 0.195. The van der Waals surface area contributed by atoms with Gasteiger partial charge >= 0.3 is 0 Å². The van der Waals surface area contributed by atoms with Crippen LogP contribution in [0.4, 0.5) is 11.4 Å². The predicted molar refractivity (Wildman–Crippen MR) is 135 cm³/mol. The average molecular weight is 483 g/mol. The Hall–Kier alpha value is -2.54. The molecule has 2 aliphatic heterocycles. The number of fused-ring (bicyclic) bond motifs is 1. The second-order valence-electron chi connectivity index (χ2n) is 7.71. The first-order chi connectivity index (χ1) is 15.6. The normalized spacial score (nSPS) is 19.2. The van der Waals surface area contributed by atoms with Crippen LogP contribution in [0.2, 0.25) is 10.0 Å². The van der Waals surface area contributed by atoms with Gasteiger partial charge in [-0.1, -0.05) is 35.3 Å². The molecule has 0 spiro atoms. The van der Waals surface area contributed by atoms with E-state index in [1.54, 1.807) is 18.2 Å². The molecular formula is C24H20Cl2N4OS. The van der Waals surface area contributed by atoms with Crippen LogP contribution in [0.3, 0.4) is 0 Å². The fourth-order valence-corrected chi connectivity index (χ4v) is 5.29. The fraction of sp³-hybridized carbons (Fsp3) is 0.208. The molecule has 2 saturated heterocycles. The lowest BCUT2D eigenvalue weighted by Gasteiger charge is -2.29. The Morgan fingerprint density at radius 2 is 1.84 bits per heavy atom. The summed E-state index contributed by atoms with van der Waals surface area (Å²) in [5.41, 5.74) is 3.55. The molecule has 32 heavy (non-hydrogen) atoms. The highest BCUT2D eigenvalue weighted by Crippen LogP contribution is 2.36. The van der Waals surface area contributed by atoms with E-state index in [1.165, 1.54) is 36.7 Å². The quantitative estimate of drug-likeness (QED) is 0.437. The Labute approximate surface area is 200 Å². The van der Waals surface area contributed by atoms with Crippen molar-refractivity contribution >= 4 is 74.4 Å². The van der Waals surface area contributed by atoms with Crippen molar-refractivity contribution in [1.29, 1.82) is 0 Å². The SMILES string of the molecule is O=C1NC(=Nc2c(Cl)cccc2Cl)S/C1=C\c1ccc2nccc(N3CCCCC3)c2c1. The predicted octanol–water partition coefficient (Wildman–Crippen LogP) is 6.42. The van der Waals surface area contributed by atoms with Crippen LogP contribution in [0, 0.1) is 0 Å². The molecular weight excluding hydrogens is 463 g/mol. The number of hydrogen-bond donors (Lipinski definition) is 1. The lowest BCUT2D eigenvalue weighted by atomic mass is 10.1. The van der Waals surface area contributed by atoms with Crippen LogP contribution in [0.25, 0.3) is 17.0 Å². The van der Waals surface area contributed by atoms with Crippen molar-refractivity contribution < 1.29 is 4.79 Å². The monoisotopic (exact) mass is 482 g/mol. The van der Waals surface area contributed by atoms with Crippen LogP contribution in [0.15, 0.2) is 58.6 Å². The molecule has 2 aliphatic rings.